The molecule has 2 N–H and O–H groups in total. The minimum Gasteiger partial charge on any atom is -0.329 e. The second-order valence-electron chi connectivity index (χ2n) is 5.19. The summed E-state index contributed by atoms with van der Waals surface area (Å²) in [6.45, 7) is 9.62. The van der Waals surface area contributed by atoms with E-state index in [4.69, 9.17) is 5.73 Å². The van der Waals surface area contributed by atoms with Gasteiger partial charge in [0, 0.05) is 38.4 Å². The molecule has 4 heteroatoms. The molecule has 1 aliphatic rings. The maximum atomic E-state index is 5.99. The molecule has 2 heterocycles. The van der Waals surface area contributed by atoms with Crippen molar-refractivity contribution < 1.29 is 0 Å². The SMILES string of the molecule is CCC1CN(C(CN)c2ccccn2)CCN1CC. The standard InChI is InChI=1S/C15H26N4/c1-3-13-12-19(10-9-18(13)4-2)15(11-16)14-7-5-6-8-17-14/h5-8,13,15H,3-4,9-12,16H2,1-2H3. The normalized spacial score (nSPS) is 23.4. The maximum Gasteiger partial charge on any atom is 0.0645 e. The van der Waals surface area contributed by atoms with Crippen LogP contribution in [0.4, 0.5) is 0 Å². The highest BCUT2D eigenvalue weighted by Crippen LogP contribution is 2.22. The molecule has 1 fully saturated rings. The van der Waals surface area contributed by atoms with E-state index in [9.17, 15) is 0 Å². The summed E-state index contributed by atoms with van der Waals surface area (Å²) in [5, 5.41) is 0. The Morgan fingerprint density at radius 2 is 2.21 bits per heavy atom. The first-order valence-electron chi connectivity index (χ1n) is 7.39. The Kier molecular flexibility index (Phi) is 5.31. The Morgan fingerprint density at radius 3 is 2.79 bits per heavy atom. The van der Waals surface area contributed by atoms with Gasteiger partial charge in [-0.15, -0.1) is 0 Å². The van der Waals surface area contributed by atoms with Gasteiger partial charge in [0.15, 0.2) is 0 Å². The number of nitrogens with zero attached hydrogens (tertiary/aromatic N) is 3. The quantitative estimate of drug-likeness (QED) is 0.873. The van der Waals surface area contributed by atoms with Gasteiger partial charge in [-0.05, 0) is 25.1 Å². The number of nitrogens with two attached hydrogens (primary N) is 1. The molecule has 1 saturated heterocycles. The summed E-state index contributed by atoms with van der Waals surface area (Å²) in [7, 11) is 0. The van der Waals surface area contributed by atoms with Gasteiger partial charge < -0.3 is 5.73 Å². The second kappa shape index (κ2) is 6.98. The monoisotopic (exact) mass is 262 g/mol. The number of aromatic nitrogens is 1. The molecule has 2 atom stereocenters. The third-order valence-corrected chi connectivity index (χ3v) is 4.21. The predicted octanol–water partition coefficient (Wildman–Crippen LogP) is 1.50. The van der Waals surface area contributed by atoms with Crippen LogP contribution in [0.15, 0.2) is 24.4 Å². The average molecular weight is 262 g/mol. The van der Waals surface area contributed by atoms with Gasteiger partial charge in [-0.25, -0.2) is 0 Å². The number of hydrogen-bond donors (Lipinski definition) is 1. The molecular weight excluding hydrogens is 236 g/mol. The summed E-state index contributed by atoms with van der Waals surface area (Å²) in [5.41, 5.74) is 7.10. The van der Waals surface area contributed by atoms with Crippen molar-refractivity contribution in [3.8, 4) is 0 Å². The Hall–Kier alpha value is -0.970. The molecule has 19 heavy (non-hydrogen) atoms. The molecule has 0 aliphatic carbocycles. The van der Waals surface area contributed by atoms with Crippen molar-refractivity contribution in [3.05, 3.63) is 30.1 Å². The van der Waals surface area contributed by atoms with E-state index < -0.39 is 0 Å². The van der Waals surface area contributed by atoms with Gasteiger partial charge in [0.05, 0.1) is 11.7 Å². The molecule has 4 nitrogen and oxygen atoms in total. The van der Waals surface area contributed by atoms with Gasteiger partial charge in [0.2, 0.25) is 0 Å². The summed E-state index contributed by atoms with van der Waals surface area (Å²) >= 11 is 0. The van der Waals surface area contributed by atoms with Crippen molar-refractivity contribution in [3.63, 3.8) is 0 Å². The molecule has 0 radical (unpaired) electrons. The van der Waals surface area contributed by atoms with Crippen LogP contribution in [0.1, 0.15) is 32.0 Å². The largest absolute Gasteiger partial charge is 0.329 e. The zero-order chi connectivity index (χ0) is 13.7. The summed E-state index contributed by atoms with van der Waals surface area (Å²) < 4.78 is 0. The van der Waals surface area contributed by atoms with E-state index in [2.05, 4.69) is 34.7 Å². The fourth-order valence-corrected chi connectivity index (χ4v) is 3.03. The van der Waals surface area contributed by atoms with Crippen LogP contribution in [0.25, 0.3) is 0 Å². The van der Waals surface area contributed by atoms with Crippen LogP contribution in [-0.2, 0) is 0 Å². The zero-order valence-corrected chi connectivity index (χ0v) is 12.1. The number of pyridine rings is 1. The van der Waals surface area contributed by atoms with Crippen molar-refractivity contribution in [2.24, 2.45) is 5.73 Å². The predicted molar refractivity (Wildman–Crippen MR) is 78.9 cm³/mol. The van der Waals surface area contributed by atoms with Gasteiger partial charge in [0.1, 0.15) is 0 Å². The van der Waals surface area contributed by atoms with Gasteiger partial charge >= 0.3 is 0 Å². The third-order valence-electron chi connectivity index (χ3n) is 4.21. The minimum absolute atomic E-state index is 0.259. The maximum absolute atomic E-state index is 5.99. The molecule has 0 amide bonds. The highest BCUT2D eigenvalue weighted by Gasteiger charge is 2.29. The first kappa shape index (κ1) is 14.4. The Labute approximate surface area is 116 Å². The molecule has 0 spiro atoms. The number of piperazine rings is 1. The van der Waals surface area contributed by atoms with Gasteiger partial charge in [-0.2, -0.15) is 0 Å². The van der Waals surface area contributed by atoms with E-state index in [0.717, 1.165) is 31.9 Å². The number of hydrogen-bond acceptors (Lipinski definition) is 4. The van der Waals surface area contributed by atoms with Crippen molar-refractivity contribution in [2.75, 3.05) is 32.7 Å². The minimum atomic E-state index is 0.259. The van der Waals surface area contributed by atoms with Gasteiger partial charge in [-0.1, -0.05) is 19.9 Å². The van der Waals surface area contributed by atoms with Gasteiger partial charge in [0.25, 0.3) is 0 Å². The van der Waals surface area contributed by atoms with Crippen LogP contribution >= 0.6 is 0 Å². The molecule has 0 saturated carbocycles. The summed E-state index contributed by atoms with van der Waals surface area (Å²) in [4.78, 5) is 9.55. The number of likely N-dealkylation sites (N-methyl/N-ethyl adjacent to an activating group) is 1. The smallest absolute Gasteiger partial charge is 0.0645 e. The molecular formula is C15H26N4. The van der Waals surface area contributed by atoms with E-state index >= 15 is 0 Å². The molecule has 2 unspecified atom stereocenters. The first-order valence-corrected chi connectivity index (χ1v) is 7.39. The topological polar surface area (TPSA) is 45.4 Å². The summed E-state index contributed by atoms with van der Waals surface area (Å²) in [5.74, 6) is 0. The summed E-state index contributed by atoms with van der Waals surface area (Å²) in [6, 6.07) is 7.00. The van der Waals surface area contributed by atoms with Crippen LogP contribution in [0.3, 0.4) is 0 Å². The lowest BCUT2D eigenvalue weighted by Crippen LogP contribution is -2.54. The second-order valence-corrected chi connectivity index (χ2v) is 5.19. The molecule has 1 aromatic rings. The van der Waals surface area contributed by atoms with Crippen LogP contribution in [0.5, 0.6) is 0 Å². The average Bonchev–Trinajstić information content (AvgIpc) is 2.49. The van der Waals surface area contributed by atoms with E-state index in [1.807, 2.05) is 18.3 Å². The van der Waals surface area contributed by atoms with Crippen molar-refractivity contribution >= 4 is 0 Å². The molecule has 1 aliphatic heterocycles. The lowest BCUT2D eigenvalue weighted by atomic mass is 10.0. The molecule has 106 valence electrons. The molecule has 1 aromatic heterocycles. The molecule has 0 aromatic carbocycles. The third kappa shape index (κ3) is 3.32. The van der Waals surface area contributed by atoms with Crippen LogP contribution in [0.2, 0.25) is 0 Å². The van der Waals surface area contributed by atoms with Crippen LogP contribution in [0, 0.1) is 0 Å². The fourth-order valence-electron chi connectivity index (χ4n) is 3.03. The van der Waals surface area contributed by atoms with Crippen LogP contribution < -0.4 is 5.73 Å². The zero-order valence-electron chi connectivity index (χ0n) is 12.1. The van der Waals surface area contributed by atoms with E-state index in [1.54, 1.807) is 0 Å². The van der Waals surface area contributed by atoms with Gasteiger partial charge in [-0.3, -0.25) is 14.8 Å². The summed E-state index contributed by atoms with van der Waals surface area (Å²) in [6.07, 6.45) is 3.06. The van der Waals surface area contributed by atoms with E-state index in [1.165, 1.54) is 6.42 Å². The lowest BCUT2D eigenvalue weighted by molar-refractivity contribution is 0.0498. The molecule has 2 rings (SSSR count). The number of rotatable bonds is 5. The molecule has 0 bridgehead atoms. The van der Waals surface area contributed by atoms with E-state index in [0.29, 0.717) is 12.6 Å². The van der Waals surface area contributed by atoms with Crippen molar-refractivity contribution in [1.29, 1.82) is 0 Å². The lowest BCUT2D eigenvalue weighted by Gasteiger charge is -2.43. The Bertz CT molecular complexity index is 368. The van der Waals surface area contributed by atoms with E-state index in [-0.39, 0.29) is 6.04 Å². The fraction of sp³-hybridized carbons (Fsp3) is 0.667. The first-order chi connectivity index (χ1) is 9.30. The highest BCUT2D eigenvalue weighted by atomic mass is 15.3. The van der Waals surface area contributed by atoms with Crippen LogP contribution in [-0.4, -0.2) is 53.5 Å². The van der Waals surface area contributed by atoms with Crippen molar-refractivity contribution in [1.82, 2.24) is 14.8 Å². The Morgan fingerprint density at radius 1 is 1.37 bits per heavy atom. The Balaban J connectivity index is 2.08. The van der Waals surface area contributed by atoms with Crippen molar-refractivity contribution in [2.45, 2.75) is 32.4 Å². The highest BCUT2D eigenvalue weighted by molar-refractivity contribution is 5.10.